The summed E-state index contributed by atoms with van der Waals surface area (Å²) >= 11 is 12.0. The molecule has 0 aliphatic rings. The number of hydrogen-bond acceptors (Lipinski definition) is 2. The molecule has 0 amide bonds. The Kier molecular flexibility index (Phi) is 6.56. The maximum absolute atomic E-state index is 6.03. The lowest BCUT2D eigenvalue weighted by molar-refractivity contribution is 0.301. The Labute approximate surface area is 142 Å². The van der Waals surface area contributed by atoms with E-state index in [9.17, 15) is 0 Å². The van der Waals surface area contributed by atoms with Crippen molar-refractivity contribution < 1.29 is 4.74 Å². The van der Waals surface area contributed by atoms with Gasteiger partial charge in [0.05, 0.1) is 10.0 Å². The van der Waals surface area contributed by atoms with E-state index in [1.165, 1.54) is 0 Å². The zero-order chi connectivity index (χ0) is 15.9. The van der Waals surface area contributed by atoms with Gasteiger partial charge in [-0.2, -0.15) is 0 Å². The van der Waals surface area contributed by atoms with Crippen molar-refractivity contribution in [1.82, 2.24) is 5.32 Å². The van der Waals surface area contributed by atoms with E-state index in [1.807, 2.05) is 30.3 Å². The fraction of sp³-hybridized carbons (Fsp3) is 0.333. The Hall–Kier alpha value is -1.22. The lowest BCUT2D eigenvalue weighted by Gasteiger charge is -2.15. The minimum atomic E-state index is 0.469. The number of halogens is 2. The molecule has 118 valence electrons. The first-order chi connectivity index (χ1) is 10.6. The normalized spacial score (nSPS) is 12.2. The molecule has 2 aromatic rings. The molecular formula is C18H21Cl2NO. The van der Waals surface area contributed by atoms with Crippen molar-refractivity contribution in [3.63, 3.8) is 0 Å². The molecule has 2 nitrogen and oxygen atoms in total. The van der Waals surface area contributed by atoms with Crippen LogP contribution in [0.5, 0.6) is 5.75 Å². The first-order valence-corrected chi connectivity index (χ1v) is 8.23. The van der Waals surface area contributed by atoms with Gasteiger partial charge in [-0.1, -0.05) is 54.4 Å². The number of hydrogen-bond donors (Lipinski definition) is 1. The molecule has 0 heterocycles. The van der Waals surface area contributed by atoms with Crippen LogP contribution in [0.1, 0.15) is 31.4 Å². The van der Waals surface area contributed by atoms with E-state index in [4.69, 9.17) is 27.9 Å². The summed E-state index contributed by atoms with van der Waals surface area (Å²) < 4.78 is 5.94. The molecule has 22 heavy (non-hydrogen) atoms. The highest BCUT2D eigenvalue weighted by Crippen LogP contribution is 2.24. The molecule has 2 aromatic carbocycles. The predicted octanol–water partition coefficient (Wildman–Crippen LogP) is 5.46. The molecule has 0 radical (unpaired) electrons. The van der Waals surface area contributed by atoms with Crippen LogP contribution in [-0.2, 0) is 13.2 Å². The van der Waals surface area contributed by atoms with Gasteiger partial charge in [0.2, 0.25) is 0 Å². The summed E-state index contributed by atoms with van der Waals surface area (Å²) in [5.74, 6) is 0.893. The third-order valence-electron chi connectivity index (χ3n) is 3.60. The Morgan fingerprint density at radius 3 is 2.59 bits per heavy atom. The van der Waals surface area contributed by atoms with Crippen LogP contribution in [0.15, 0.2) is 42.5 Å². The maximum atomic E-state index is 6.03. The van der Waals surface area contributed by atoms with Crippen molar-refractivity contribution in [2.24, 2.45) is 0 Å². The standard InChI is InChI=1S/C18H21Cl2NO/c1-3-13(2)21-11-15-6-4-5-7-18(15)22-12-14-8-9-16(19)17(20)10-14/h4-10,13,21H,3,11-12H2,1-2H3/t13-/m0/s1. The number of para-hydroxylation sites is 1. The second-order valence-corrected chi connectivity index (χ2v) is 6.15. The average molecular weight is 338 g/mol. The number of rotatable bonds is 7. The Morgan fingerprint density at radius 2 is 1.86 bits per heavy atom. The zero-order valence-corrected chi connectivity index (χ0v) is 14.4. The Morgan fingerprint density at radius 1 is 1.09 bits per heavy atom. The van der Waals surface area contributed by atoms with E-state index in [0.29, 0.717) is 22.7 Å². The van der Waals surface area contributed by atoms with E-state index in [2.05, 4.69) is 25.2 Å². The van der Waals surface area contributed by atoms with Crippen LogP contribution in [0.2, 0.25) is 10.0 Å². The van der Waals surface area contributed by atoms with Crippen molar-refractivity contribution in [3.05, 3.63) is 63.6 Å². The maximum Gasteiger partial charge on any atom is 0.124 e. The Bertz CT molecular complexity index is 616. The van der Waals surface area contributed by atoms with E-state index in [1.54, 1.807) is 6.07 Å². The molecule has 1 N–H and O–H groups in total. The largest absolute Gasteiger partial charge is 0.489 e. The van der Waals surface area contributed by atoms with Gasteiger partial charge in [0.25, 0.3) is 0 Å². The highest BCUT2D eigenvalue weighted by molar-refractivity contribution is 6.42. The van der Waals surface area contributed by atoms with E-state index in [0.717, 1.165) is 29.8 Å². The van der Waals surface area contributed by atoms with Crippen LogP contribution in [0, 0.1) is 0 Å². The number of nitrogens with one attached hydrogen (secondary N) is 1. The van der Waals surface area contributed by atoms with Gasteiger partial charge in [-0.25, -0.2) is 0 Å². The molecule has 0 aromatic heterocycles. The molecular weight excluding hydrogens is 317 g/mol. The summed E-state index contributed by atoms with van der Waals surface area (Å²) in [6.07, 6.45) is 1.10. The van der Waals surface area contributed by atoms with Crippen LogP contribution in [-0.4, -0.2) is 6.04 Å². The highest BCUT2D eigenvalue weighted by atomic mass is 35.5. The second-order valence-electron chi connectivity index (χ2n) is 5.34. The van der Waals surface area contributed by atoms with E-state index >= 15 is 0 Å². The van der Waals surface area contributed by atoms with Crippen molar-refractivity contribution >= 4 is 23.2 Å². The molecule has 0 fully saturated rings. The summed E-state index contributed by atoms with van der Waals surface area (Å²) in [5.41, 5.74) is 2.15. The van der Waals surface area contributed by atoms with Gasteiger partial charge in [0, 0.05) is 18.2 Å². The zero-order valence-electron chi connectivity index (χ0n) is 12.9. The summed E-state index contributed by atoms with van der Waals surface area (Å²) in [6.45, 7) is 5.62. The number of ether oxygens (including phenoxy) is 1. The Balaban J connectivity index is 2.01. The van der Waals surface area contributed by atoms with Crippen LogP contribution in [0.3, 0.4) is 0 Å². The SMILES string of the molecule is CC[C@H](C)NCc1ccccc1OCc1ccc(Cl)c(Cl)c1. The molecule has 4 heteroatoms. The summed E-state index contributed by atoms with van der Waals surface area (Å²) in [6, 6.07) is 14.1. The molecule has 0 unspecified atom stereocenters. The lowest BCUT2D eigenvalue weighted by Crippen LogP contribution is -2.24. The van der Waals surface area contributed by atoms with Crippen molar-refractivity contribution in [2.45, 2.75) is 39.5 Å². The minimum Gasteiger partial charge on any atom is -0.489 e. The van der Waals surface area contributed by atoms with E-state index < -0.39 is 0 Å². The minimum absolute atomic E-state index is 0.469. The van der Waals surface area contributed by atoms with Gasteiger partial charge >= 0.3 is 0 Å². The van der Waals surface area contributed by atoms with Crippen molar-refractivity contribution in [1.29, 1.82) is 0 Å². The van der Waals surface area contributed by atoms with Gasteiger partial charge in [-0.15, -0.1) is 0 Å². The highest BCUT2D eigenvalue weighted by Gasteiger charge is 2.06. The molecule has 0 aliphatic carbocycles. The van der Waals surface area contributed by atoms with Gasteiger partial charge < -0.3 is 10.1 Å². The van der Waals surface area contributed by atoms with Gasteiger partial charge in [-0.3, -0.25) is 0 Å². The third-order valence-corrected chi connectivity index (χ3v) is 4.34. The van der Waals surface area contributed by atoms with E-state index in [-0.39, 0.29) is 0 Å². The van der Waals surface area contributed by atoms with Crippen LogP contribution in [0.25, 0.3) is 0 Å². The molecule has 1 atom stereocenters. The molecule has 0 bridgehead atoms. The molecule has 0 saturated heterocycles. The van der Waals surface area contributed by atoms with Crippen molar-refractivity contribution in [2.75, 3.05) is 0 Å². The summed E-state index contributed by atoms with van der Waals surface area (Å²) in [7, 11) is 0. The fourth-order valence-corrected chi connectivity index (χ4v) is 2.33. The first kappa shape index (κ1) is 17.1. The van der Waals surface area contributed by atoms with Crippen LogP contribution < -0.4 is 10.1 Å². The third kappa shape index (κ3) is 4.91. The van der Waals surface area contributed by atoms with Crippen LogP contribution in [0.4, 0.5) is 0 Å². The first-order valence-electron chi connectivity index (χ1n) is 7.48. The van der Waals surface area contributed by atoms with Gasteiger partial charge in [-0.05, 0) is 37.1 Å². The monoisotopic (exact) mass is 337 g/mol. The predicted molar refractivity (Wildman–Crippen MR) is 93.8 cm³/mol. The topological polar surface area (TPSA) is 21.3 Å². The quantitative estimate of drug-likeness (QED) is 0.724. The van der Waals surface area contributed by atoms with Gasteiger partial charge in [0.1, 0.15) is 12.4 Å². The molecule has 2 rings (SSSR count). The summed E-state index contributed by atoms with van der Waals surface area (Å²) in [4.78, 5) is 0. The molecule has 0 aliphatic heterocycles. The second kappa shape index (κ2) is 8.42. The fourth-order valence-electron chi connectivity index (χ4n) is 2.01. The number of benzene rings is 2. The molecule has 0 spiro atoms. The van der Waals surface area contributed by atoms with Crippen LogP contribution >= 0.6 is 23.2 Å². The lowest BCUT2D eigenvalue weighted by atomic mass is 10.1. The summed E-state index contributed by atoms with van der Waals surface area (Å²) in [5, 5.41) is 4.59. The average Bonchev–Trinajstić information content (AvgIpc) is 2.54. The van der Waals surface area contributed by atoms with Gasteiger partial charge in [0.15, 0.2) is 0 Å². The molecule has 0 saturated carbocycles. The smallest absolute Gasteiger partial charge is 0.124 e. The van der Waals surface area contributed by atoms with Crippen molar-refractivity contribution in [3.8, 4) is 5.75 Å².